The van der Waals surface area contributed by atoms with Gasteiger partial charge < -0.3 is 14.5 Å². The molecule has 4 rings (SSSR count). The number of H-pyrrole nitrogens is 1. The molecule has 1 fully saturated rings. The standard InChI is InChI=1S/C22H24N4O3/c1-16-3-5-18(6-4-16)26-21(27)15-20(23-22(26)28)25-13-11-24(12-14-25)17-7-9-19(29-2)10-8-17/h3-10,15H,11-14H2,1-2H3,(H,23,28). The van der Waals surface area contributed by atoms with Crippen LogP contribution in [0, 0.1) is 6.92 Å². The molecule has 0 atom stereocenters. The first-order valence-corrected chi connectivity index (χ1v) is 9.62. The monoisotopic (exact) mass is 392 g/mol. The number of benzene rings is 2. The zero-order valence-electron chi connectivity index (χ0n) is 16.6. The normalized spacial score (nSPS) is 14.1. The molecular weight excluding hydrogens is 368 g/mol. The molecule has 0 unspecified atom stereocenters. The van der Waals surface area contributed by atoms with Gasteiger partial charge in [0.25, 0.3) is 5.56 Å². The first kappa shape index (κ1) is 18.9. The average Bonchev–Trinajstić information content (AvgIpc) is 2.75. The minimum absolute atomic E-state index is 0.329. The van der Waals surface area contributed by atoms with Gasteiger partial charge in [0, 0.05) is 37.9 Å². The molecule has 1 aliphatic rings. The van der Waals surface area contributed by atoms with E-state index in [2.05, 4.69) is 9.88 Å². The Morgan fingerprint density at radius 1 is 0.828 bits per heavy atom. The fourth-order valence-corrected chi connectivity index (χ4v) is 3.59. The Morgan fingerprint density at radius 2 is 1.41 bits per heavy atom. The highest BCUT2D eigenvalue weighted by molar-refractivity contribution is 5.51. The largest absolute Gasteiger partial charge is 0.497 e. The highest BCUT2D eigenvalue weighted by atomic mass is 16.5. The molecule has 2 aromatic carbocycles. The van der Waals surface area contributed by atoms with Crippen LogP contribution < -0.4 is 25.8 Å². The molecular formula is C22H24N4O3. The Labute approximate surface area is 168 Å². The first-order chi connectivity index (χ1) is 14.0. The summed E-state index contributed by atoms with van der Waals surface area (Å²) in [5, 5.41) is 0. The summed E-state index contributed by atoms with van der Waals surface area (Å²) in [7, 11) is 1.65. The predicted octanol–water partition coefficient (Wildman–Crippen LogP) is 2.17. The number of aromatic nitrogens is 2. The fourth-order valence-electron chi connectivity index (χ4n) is 3.59. The van der Waals surface area contributed by atoms with Crippen LogP contribution >= 0.6 is 0 Å². The van der Waals surface area contributed by atoms with E-state index in [0.29, 0.717) is 11.5 Å². The van der Waals surface area contributed by atoms with E-state index in [9.17, 15) is 9.59 Å². The number of anilines is 2. The van der Waals surface area contributed by atoms with Crippen LogP contribution in [-0.2, 0) is 0 Å². The summed E-state index contributed by atoms with van der Waals surface area (Å²) >= 11 is 0. The Kier molecular flexibility index (Phi) is 5.12. The van der Waals surface area contributed by atoms with Gasteiger partial charge in [-0.2, -0.15) is 0 Å². The van der Waals surface area contributed by atoms with E-state index in [4.69, 9.17) is 4.74 Å². The van der Waals surface area contributed by atoms with Gasteiger partial charge in [-0.3, -0.25) is 9.78 Å². The molecule has 0 radical (unpaired) electrons. The average molecular weight is 392 g/mol. The number of hydrogen-bond donors (Lipinski definition) is 1. The molecule has 1 aromatic heterocycles. The highest BCUT2D eigenvalue weighted by Gasteiger charge is 2.19. The van der Waals surface area contributed by atoms with Gasteiger partial charge in [-0.25, -0.2) is 9.36 Å². The Morgan fingerprint density at radius 3 is 2.00 bits per heavy atom. The second-order valence-electron chi connectivity index (χ2n) is 7.14. The van der Waals surface area contributed by atoms with Crippen LogP contribution in [0.3, 0.4) is 0 Å². The predicted molar refractivity (Wildman–Crippen MR) is 115 cm³/mol. The van der Waals surface area contributed by atoms with E-state index < -0.39 is 5.69 Å². The summed E-state index contributed by atoms with van der Waals surface area (Å²) in [5.41, 5.74) is 2.02. The van der Waals surface area contributed by atoms with Gasteiger partial charge in [-0.1, -0.05) is 17.7 Å². The van der Waals surface area contributed by atoms with Gasteiger partial charge >= 0.3 is 5.69 Å². The molecule has 2 heterocycles. The van der Waals surface area contributed by atoms with Crippen molar-refractivity contribution in [3.8, 4) is 11.4 Å². The highest BCUT2D eigenvalue weighted by Crippen LogP contribution is 2.21. The maximum atomic E-state index is 12.6. The lowest BCUT2D eigenvalue weighted by molar-refractivity contribution is 0.415. The summed E-state index contributed by atoms with van der Waals surface area (Å²) in [5.74, 6) is 1.40. The SMILES string of the molecule is COc1ccc(N2CCN(c3cc(=O)n(-c4ccc(C)cc4)c(=O)[nH]3)CC2)cc1. The molecule has 1 saturated heterocycles. The van der Waals surface area contributed by atoms with E-state index >= 15 is 0 Å². The molecule has 0 saturated carbocycles. The van der Waals surface area contributed by atoms with Crippen molar-refractivity contribution < 1.29 is 4.74 Å². The molecule has 0 spiro atoms. The minimum Gasteiger partial charge on any atom is -0.497 e. The number of methoxy groups -OCH3 is 1. The van der Waals surface area contributed by atoms with Crippen LogP contribution in [0.5, 0.6) is 5.75 Å². The van der Waals surface area contributed by atoms with Crippen LogP contribution in [0.1, 0.15) is 5.56 Å². The Hall–Kier alpha value is -3.48. The van der Waals surface area contributed by atoms with Crippen molar-refractivity contribution in [3.63, 3.8) is 0 Å². The third-order valence-electron chi connectivity index (χ3n) is 5.27. The summed E-state index contributed by atoms with van der Waals surface area (Å²) < 4.78 is 6.37. The van der Waals surface area contributed by atoms with Gasteiger partial charge in [-0.15, -0.1) is 0 Å². The molecule has 7 nitrogen and oxygen atoms in total. The molecule has 150 valence electrons. The lowest BCUT2D eigenvalue weighted by Crippen LogP contribution is -2.48. The number of nitrogens with zero attached hydrogens (tertiary/aromatic N) is 3. The topological polar surface area (TPSA) is 70.6 Å². The van der Waals surface area contributed by atoms with Gasteiger partial charge in [-0.05, 0) is 43.3 Å². The third kappa shape index (κ3) is 3.89. The smallest absolute Gasteiger partial charge is 0.334 e. The van der Waals surface area contributed by atoms with Gasteiger partial charge in [0.05, 0.1) is 12.8 Å². The van der Waals surface area contributed by atoms with E-state index in [1.165, 1.54) is 6.07 Å². The zero-order valence-corrected chi connectivity index (χ0v) is 16.6. The van der Waals surface area contributed by atoms with E-state index in [-0.39, 0.29) is 5.56 Å². The van der Waals surface area contributed by atoms with Crippen molar-refractivity contribution in [2.45, 2.75) is 6.92 Å². The molecule has 1 N–H and O–H groups in total. The number of nitrogens with one attached hydrogen (secondary N) is 1. The maximum Gasteiger partial charge on any atom is 0.334 e. The van der Waals surface area contributed by atoms with Crippen LogP contribution in [0.15, 0.2) is 64.2 Å². The Bertz CT molecular complexity index is 1060. The third-order valence-corrected chi connectivity index (χ3v) is 5.27. The quantitative estimate of drug-likeness (QED) is 0.737. The van der Waals surface area contributed by atoms with Crippen molar-refractivity contribution >= 4 is 11.5 Å². The summed E-state index contributed by atoms with van der Waals surface area (Å²) in [6.45, 7) is 5.00. The first-order valence-electron chi connectivity index (χ1n) is 9.62. The molecule has 0 bridgehead atoms. The number of rotatable bonds is 4. The fraction of sp³-hybridized carbons (Fsp3) is 0.273. The zero-order chi connectivity index (χ0) is 20.4. The van der Waals surface area contributed by atoms with Crippen molar-refractivity contribution in [1.29, 1.82) is 0 Å². The lowest BCUT2D eigenvalue weighted by atomic mass is 10.2. The van der Waals surface area contributed by atoms with Crippen LogP contribution in [-0.4, -0.2) is 42.8 Å². The number of hydrogen-bond acceptors (Lipinski definition) is 5. The number of aryl methyl sites for hydroxylation is 1. The van der Waals surface area contributed by atoms with Crippen molar-refractivity contribution in [3.05, 3.63) is 81.0 Å². The molecule has 29 heavy (non-hydrogen) atoms. The Balaban J connectivity index is 1.50. The molecule has 7 heteroatoms. The lowest BCUT2D eigenvalue weighted by Gasteiger charge is -2.37. The van der Waals surface area contributed by atoms with E-state index in [0.717, 1.165) is 47.7 Å². The summed E-state index contributed by atoms with van der Waals surface area (Å²) in [6.07, 6.45) is 0. The van der Waals surface area contributed by atoms with Gasteiger partial charge in [0.2, 0.25) is 0 Å². The number of piperazine rings is 1. The van der Waals surface area contributed by atoms with Crippen molar-refractivity contribution in [2.24, 2.45) is 0 Å². The summed E-state index contributed by atoms with van der Waals surface area (Å²) in [6, 6.07) is 16.8. The number of aromatic amines is 1. The van der Waals surface area contributed by atoms with E-state index in [1.807, 2.05) is 48.2 Å². The summed E-state index contributed by atoms with van der Waals surface area (Å²) in [4.78, 5) is 32.4. The van der Waals surface area contributed by atoms with E-state index in [1.54, 1.807) is 19.2 Å². The minimum atomic E-state index is -0.422. The number of ether oxygens (including phenoxy) is 1. The van der Waals surface area contributed by atoms with Gasteiger partial charge in [0.1, 0.15) is 11.6 Å². The molecule has 0 aliphatic carbocycles. The molecule has 1 aliphatic heterocycles. The van der Waals surface area contributed by atoms with Crippen LogP contribution in [0.25, 0.3) is 5.69 Å². The molecule has 0 amide bonds. The van der Waals surface area contributed by atoms with Gasteiger partial charge in [0.15, 0.2) is 0 Å². The van der Waals surface area contributed by atoms with Crippen molar-refractivity contribution in [1.82, 2.24) is 9.55 Å². The second-order valence-corrected chi connectivity index (χ2v) is 7.14. The van der Waals surface area contributed by atoms with Crippen molar-refractivity contribution in [2.75, 3.05) is 43.1 Å². The van der Waals surface area contributed by atoms with Crippen LogP contribution in [0.2, 0.25) is 0 Å². The van der Waals surface area contributed by atoms with Crippen LogP contribution in [0.4, 0.5) is 11.5 Å². The molecule has 3 aromatic rings. The maximum absolute atomic E-state index is 12.6. The second kappa shape index (κ2) is 7.87.